The Kier molecular flexibility index (Phi) is 5.65. The summed E-state index contributed by atoms with van der Waals surface area (Å²) in [5.41, 5.74) is 3.24. The van der Waals surface area contributed by atoms with E-state index in [4.69, 9.17) is 0 Å². The van der Waals surface area contributed by atoms with Crippen molar-refractivity contribution in [2.24, 2.45) is 0 Å². The van der Waals surface area contributed by atoms with Crippen molar-refractivity contribution in [2.45, 2.75) is 39.0 Å². The molecule has 0 atom stereocenters. The van der Waals surface area contributed by atoms with Crippen molar-refractivity contribution in [3.63, 3.8) is 0 Å². The zero-order valence-electron chi connectivity index (χ0n) is 17.0. The van der Waals surface area contributed by atoms with Crippen LogP contribution in [0.25, 0.3) is 0 Å². The second-order valence-corrected chi connectivity index (χ2v) is 7.95. The lowest BCUT2D eigenvalue weighted by Gasteiger charge is -2.34. The molecule has 2 amide bonds. The van der Waals surface area contributed by atoms with E-state index in [1.165, 1.54) is 13.0 Å². The topological polar surface area (TPSA) is 86.4 Å². The number of hydrogen-bond acceptors (Lipinski definition) is 4. The van der Waals surface area contributed by atoms with Gasteiger partial charge in [0.05, 0.1) is 11.3 Å². The van der Waals surface area contributed by atoms with Gasteiger partial charge in [-0.1, -0.05) is 6.07 Å². The number of H-pyrrole nitrogens is 1. The third kappa shape index (κ3) is 3.99. The molecule has 0 spiro atoms. The molecule has 0 saturated carbocycles. The van der Waals surface area contributed by atoms with Gasteiger partial charge in [-0.3, -0.25) is 14.4 Å². The summed E-state index contributed by atoms with van der Waals surface area (Å²) in [6.07, 6.45) is 4.00. The summed E-state index contributed by atoms with van der Waals surface area (Å²) in [6.45, 7) is 3.18. The fraction of sp³-hybridized carbons (Fsp3) is 0.455. The second-order valence-electron chi connectivity index (χ2n) is 7.95. The van der Waals surface area contributed by atoms with Crippen LogP contribution in [0.1, 0.15) is 52.5 Å². The molecule has 1 aliphatic heterocycles. The minimum atomic E-state index is -0.561. The zero-order chi connectivity index (χ0) is 21.3. The molecule has 1 aromatic carbocycles. The van der Waals surface area contributed by atoms with E-state index in [9.17, 15) is 18.8 Å². The molecule has 7 nitrogen and oxygen atoms in total. The quantitative estimate of drug-likeness (QED) is 0.831. The number of aromatic nitrogens is 2. The van der Waals surface area contributed by atoms with Gasteiger partial charge in [0.1, 0.15) is 5.82 Å². The number of hydrogen-bond donors (Lipinski definition) is 1. The molecule has 0 unspecified atom stereocenters. The van der Waals surface area contributed by atoms with E-state index < -0.39 is 5.82 Å². The van der Waals surface area contributed by atoms with Gasteiger partial charge in [-0.05, 0) is 48.9 Å². The maximum Gasteiger partial charge on any atom is 0.267 e. The smallest absolute Gasteiger partial charge is 0.267 e. The minimum absolute atomic E-state index is 0.0213. The molecule has 2 aliphatic rings. The normalized spacial score (nSPS) is 16.3. The van der Waals surface area contributed by atoms with E-state index in [1.807, 2.05) is 0 Å². The fourth-order valence-electron chi connectivity index (χ4n) is 4.31. The van der Waals surface area contributed by atoms with Crippen LogP contribution in [0.15, 0.2) is 23.0 Å². The molecular formula is C22H25FN4O3. The summed E-state index contributed by atoms with van der Waals surface area (Å²) in [4.78, 5) is 39.7. The molecule has 8 heteroatoms. The SMILES string of the molecule is CC(=O)N1CCN(C(=O)c2cc(Cc3n[nH]c(=O)c4c3CCCC4)ccc2F)CC1. The van der Waals surface area contributed by atoms with Gasteiger partial charge < -0.3 is 9.80 Å². The highest BCUT2D eigenvalue weighted by Gasteiger charge is 2.25. The summed E-state index contributed by atoms with van der Waals surface area (Å²) in [5, 5.41) is 6.81. The van der Waals surface area contributed by atoms with Gasteiger partial charge >= 0.3 is 0 Å². The Morgan fingerprint density at radius 3 is 2.43 bits per heavy atom. The standard InChI is InChI=1S/C22H25FN4O3/c1-14(28)26-8-10-27(11-9-26)22(30)18-12-15(6-7-19(18)23)13-20-16-4-2-3-5-17(16)21(29)25-24-20/h6-7,12H,2-5,8-11,13H2,1H3,(H,25,29). The first kappa shape index (κ1) is 20.3. The molecule has 1 fully saturated rings. The van der Waals surface area contributed by atoms with Gasteiger partial charge in [0.25, 0.3) is 11.5 Å². The third-order valence-corrected chi connectivity index (χ3v) is 6.03. The lowest BCUT2D eigenvalue weighted by molar-refractivity contribution is -0.130. The number of aromatic amines is 1. The fourth-order valence-corrected chi connectivity index (χ4v) is 4.31. The lowest BCUT2D eigenvalue weighted by Crippen LogP contribution is -2.50. The van der Waals surface area contributed by atoms with Crippen molar-refractivity contribution in [3.05, 3.63) is 62.3 Å². The van der Waals surface area contributed by atoms with Crippen LogP contribution in [0.2, 0.25) is 0 Å². The number of halogens is 1. The summed E-state index contributed by atoms with van der Waals surface area (Å²) >= 11 is 0. The maximum atomic E-state index is 14.5. The number of rotatable bonds is 3. The molecule has 0 radical (unpaired) electrons. The predicted octanol–water partition coefficient (Wildman–Crippen LogP) is 1.68. The van der Waals surface area contributed by atoms with Crippen LogP contribution >= 0.6 is 0 Å². The average Bonchev–Trinajstić information content (AvgIpc) is 2.76. The van der Waals surface area contributed by atoms with Gasteiger partial charge in [-0.25, -0.2) is 9.49 Å². The van der Waals surface area contributed by atoms with Crippen molar-refractivity contribution < 1.29 is 14.0 Å². The van der Waals surface area contributed by atoms with Gasteiger partial charge in [0, 0.05) is 45.1 Å². The number of carbonyl (C=O) groups excluding carboxylic acids is 2. The van der Waals surface area contributed by atoms with Crippen molar-refractivity contribution >= 4 is 11.8 Å². The molecule has 2 aromatic rings. The molecule has 158 valence electrons. The number of nitrogens with zero attached hydrogens (tertiary/aromatic N) is 3. The first-order valence-electron chi connectivity index (χ1n) is 10.4. The maximum absolute atomic E-state index is 14.5. The van der Waals surface area contributed by atoms with E-state index in [0.29, 0.717) is 32.6 Å². The van der Waals surface area contributed by atoms with Crippen LogP contribution in [-0.4, -0.2) is 58.0 Å². The number of benzene rings is 1. The average molecular weight is 412 g/mol. The first-order chi connectivity index (χ1) is 14.4. The largest absolute Gasteiger partial charge is 0.339 e. The monoisotopic (exact) mass is 412 g/mol. The van der Waals surface area contributed by atoms with Crippen molar-refractivity contribution in [1.82, 2.24) is 20.0 Å². The Morgan fingerprint density at radius 2 is 1.73 bits per heavy atom. The third-order valence-electron chi connectivity index (χ3n) is 6.03. The summed E-state index contributed by atoms with van der Waals surface area (Å²) in [7, 11) is 0. The Balaban J connectivity index is 1.55. The molecule has 2 heterocycles. The van der Waals surface area contributed by atoms with Crippen molar-refractivity contribution in [3.8, 4) is 0 Å². The highest BCUT2D eigenvalue weighted by molar-refractivity contribution is 5.95. The molecule has 1 saturated heterocycles. The zero-order valence-corrected chi connectivity index (χ0v) is 17.0. The number of carbonyl (C=O) groups is 2. The summed E-state index contributed by atoms with van der Waals surface area (Å²) < 4.78 is 14.5. The summed E-state index contributed by atoms with van der Waals surface area (Å²) in [5.74, 6) is -0.949. The Bertz CT molecular complexity index is 1040. The van der Waals surface area contributed by atoms with Crippen LogP contribution in [0, 0.1) is 5.82 Å². The van der Waals surface area contributed by atoms with Gasteiger partial charge in [0.2, 0.25) is 5.91 Å². The van der Waals surface area contributed by atoms with E-state index in [-0.39, 0.29) is 22.9 Å². The predicted molar refractivity (Wildman–Crippen MR) is 109 cm³/mol. The Morgan fingerprint density at radius 1 is 1.07 bits per heavy atom. The number of amides is 2. The molecular weight excluding hydrogens is 387 g/mol. The first-order valence-corrected chi connectivity index (χ1v) is 10.4. The highest BCUT2D eigenvalue weighted by atomic mass is 19.1. The van der Waals surface area contributed by atoms with Gasteiger partial charge in [-0.2, -0.15) is 5.10 Å². The van der Waals surface area contributed by atoms with Crippen LogP contribution in [0.3, 0.4) is 0 Å². The minimum Gasteiger partial charge on any atom is -0.339 e. The van der Waals surface area contributed by atoms with Crippen LogP contribution in [0.4, 0.5) is 4.39 Å². The molecule has 1 N–H and O–H groups in total. The molecule has 1 aromatic heterocycles. The van der Waals surface area contributed by atoms with Gasteiger partial charge in [-0.15, -0.1) is 0 Å². The van der Waals surface area contributed by atoms with E-state index >= 15 is 0 Å². The second kappa shape index (κ2) is 8.38. The van der Waals surface area contributed by atoms with E-state index in [1.54, 1.807) is 21.9 Å². The summed E-state index contributed by atoms with van der Waals surface area (Å²) in [6, 6.07) is 4.55. The molecule has 1 aliphatic carbocycles. The van der Waals surface area contributed by atoms with Crippen molar-refractivity contribution in [2.75, 3.05) is 26.2 Å². The van der Waals surface area contributed by atoms with Crippen LogP contribution in [0.5, 0.6) is 0 Å². The van der Waals surface area contributed by atoms with E-state index in [0.717, 1.165) is 48.1 Å². The number of fused-ring (bicyclic) bond motifs is 1. The molecule has 0 bridgehead atoms. The highest BCUT2D eigenvalue weighted by Crippen LogP contribution is 2.23. The van der Waals surface area contributed by atoms with Crippen LogP contribution in [-0.2, 0) is 24.1 Å². The molecule has 30 heavy (non-hydrogen) atoms. The Labute approximate surface area is 173 Å². The Hall–Kier alpha value is -3.03. The molecule has 4 rings (SSSR count). The van der Waals surface area contributed by atoms with E-state index in [2.05, 4.69) is 10.2 Å². The van der Waals surface area contributed by atoms with Crippen molar-refractivity contribution in [1.29, 1.82) is 0 Å². The lowest BCUT2D eigenvalue weighted by atomic mass is 9.90. The number of nitrogens with one attached hydrogen (secondary N) is 1. The van der Waals surface area contributed by atoms with Gasteiger partial charge in [0.15, 0.2) is 0 Å². The number of piperazine rings is 1. The van der Waals surface area contributed by atoms with Crippen LogP contribution < -0.4 is 5.56 Å².